The van der Waals surface area contributed by atoms with Crippen LogP contribution in [0.3, 0.4) is 0 Å². The van der Waals surface area contributed by atoms with E-state index in [9.17, 15) is 4.57 Å². The third-order valence-corrected chi connectivity index (χ3v) is 2.04. The number of rotatable bonds is 0. The van der Waals surface area contributed by atoms with Crippen LogP contribution < -0.4 is 0 Å². The Morgan fingerprint density at radius 2 is 1.75 bits per heavy atom. The van der Waals surface area contributed by atoms with Gasteiger partial charge < -0.3 is 9.05 Å². The van der Waals surface area contributed by atoms with Crippen LogP contribution in [0.5, 0.6) is 0 Å². The van der Waals surface area contributed by atoms with E-state index < -0.39 is 7.60 Å². The van der Waals surface area contributed by atoms with Gasteiger partial charge in [0.05, 0.1) is 13.2 Å². The molecular formula is C3H8FO3P. The molecule has 3 nitrogen and oxygen atoms in total. The van der Waals surface area contributed by atoms with Crippen LogP contribution >= 0.6 is 7.60 Å². The van der Waals surface area contributed by atoms with E-state index in [1.54, 1.807) is 0 Å². The van der Waals surface area contributed by atoms with Crippen molar-refractivity contribution in [2.24, 2.45) is 0 Å². The first kappa shape index (κ1) is 8.08. The monoisotopic (exact) mass is 142 g/mol. The summed E-state index contributed by atoms with van der Waals surface area (Å²) in [5, 5.41) is 0. The Hall–Kier alpha value is 0.0800. The third-order valence-electron chi connectivity index (χ3n) is 0.735. The zero-order valence-electron chi connectivity index (χ0n) is 4.49. The minimum Gasteiger partial charge on any atom is -0.306 e. The molecule has 1 aliphatic heterocycles. The van der Waals surface area contributed by atoms with Gasteiger partial charge in [-0.15, -0.1) is 0 Å². The molecule has 0 aromatic rings. The van der Waals surface area contributed by atoms with Gasteiger partial charge in [0.2, 0.25) is 0 Å². The smallest absolute Gasteiger partial charge is 0.306 e. The fourth-order valence-electron chi connectivity index (χ4n) is 0.443. The minimum absolute atomic E-state index is 0. The van der Waals surface area contributed by atoms with Crippen molar-refractivity contribution in [1.82, 2.24) is 0 Å². The second-order valence-electron chi connectivity index (χ2n) is 1.44. The highest BCUT2D eigenvalue weighted by Crippen LogP contribution is 2.47. The van der Waals surface area contributed by atoms with Gasteiger partial charge in [0.25, 0.3) is 0 Å². The van der Waals surface area contributed by atoms with Gasteiger partial charge in [-0.1, -0.05) is 0 Å². The highest BCUT2D eigenvalue weighted by molar-refractivity contribution is 7.53. The molecule has 0 amide bonds. The van der Waals surface area contributed by atoms with Crippen LogP contribution in [0.4, 0.5) is 4.70 Å². The maximum absolute atomic E-state index is 10.6. The Morgan fingerprint density at radius 3 is 1.88 bits per heavy atom. The molecule has 0 unspecified atom stereocenters. The standard InChI is InChI=1S/C3H7O3P.FH/c1-7(4)5-2-3-6-7;/h2-3H2,1H3;1H. The molecule has 1 rings (SSSR count). The Balaban J connectivity index is 0.000000490. The molecule has 50 valence electrons. The van der Waals surface area contributed by atoms with E-state index in [0.29, 0.717) is 13.2 Å². The van der Waals surface area contributed by atoms with Crippen molar-refractivity contribution in [1.29, 1.82) is 0 Å². The molecule has 0 aliphatic carbocycles. The lowest BCUT2D eigenvalue weighted by Crippen LogP contribution is -1.79. The summed E-state index contributed by atoms with van der Waals surface area (Å²) >= 11 is 0. The topological polar surface area (TPSA) is 35.5 Å². The molecule has 0 bridgehead atoms. The van der Waals surface area contributed by atoms with Gasteiger partial charge in [0.1, 0.15) is 0 Å². The van der Waals surface area contributed by atoms with E-state index >= 15 is 0 Å². The lowest BCUT2D eigenvalue weighted by atomic mass is 10.8. The van der Waals surface area contributed by atoms with Crippen LogP contribution in [0, 0.1) is 0 Å². The molecule has 1 fully saturated rings. The van der Waals surface area contributed by atoms with Crippen molar-refractivity contribution in [2.45, 2.75) is 0 Å². The Kier molecular flexibility index (Phi) is 2.60. The van der Waals surface area contributed by atoms with Gasteiger partial charge >= 0.3 is 7.60 Å². The van der Waals surface area contributed by atoms with Crippen LogP contribution in [0.25, 0.3) is 0 Å². The maximum Gasteiger partial charge on any atom is 0.327 e. The van der Waals surface area contributed by atoms with Crippen LogP contribution in [0.2, 0.25) is 0 Å². The fourth-order valence-corrected chi connectivity index (χ4v) is 1.33. The summed E-state index contributed by atoms with van der Waals surface area (Å²) in [5.41, 5.74) is 0. The number of halogens is 1. The van der Waals surface area contributed by atoms with Crippen molar-refractivity contribution in [3.05, 3.63) is 0 Å². The average Bonchev–Trinajstić information content (AvgIpc) is 1.84. The van der Waals surface area contributed by atoms with E-state index in [1.807, 2.05) is 0 Å². The highest BCUT2D eigenvalue weighted by atomic mass is 31.2. The van der Waals surface area contributed by atoms with Crippen molar-refractivity contribution < 1.29 is 18.3 Å². The van der Waals surface area contributed by atoms with Gasteiger partial charge in [-0.25, -0.2) is 0 Å². The Bertz CT molecular complexity index is 105. The summed E-state index contributed by atoms with van der Waals surface area (Å²) < 4.78 is 19.9. The molecule has 5 heteroatoms. The van der Waals surface area contributed by atoms with Crippen molar-refractivity contribution in [2.75, 3.05) is 19.9 Å². The summed E-state index contributed by atoms with van der Waals surface area (Å²) in [6.07, 6.45) is 0. The summed E-state index contributed by atoms with van der Waals surface area (Å²) in [4.78, 5) is 0. The predicted octanol–water partition coefficient (Wildman–Crippen LogP) is 1.01. The highest BCUT2D eigenvalue weighted by Gasteiger charge is 2.22. The molecule has 0 N–H and O–H groups in total. The number of hydrogen-bond acceptors (Lipinski definition) is 3. The second-order valence-corrected chi connectivity index (χ2v) is 3.50. The Morgan fingerprint density at radius 1 is 1.38 bits per heavy atom. The molecule has 0 spiro atoms. The molecule has 0 aromatic carbocycles. The summed E-state index contributed by atoms with van der Waals surface area (Å²) in [5.74, 6) is 0. The molecule has 1 heterocycles. The molecule has 0 atom stereocenters. The van der Waals surface area contributed by atoms with Gasteiger partial charge in [-0.2, -0.15) is 0 Å². The Labute approximate surface area is 46.9 Å². The third kappa shape index (κ3) is 1.90. The first-order valence-corrected chi connectivity index (χ1v) is 4.06. The van der Waals surface area contributed by atoms with E-state index in [0.717, 1.165) is 0 Å². The van der Waals surface area contributed by atoms with Gasteiger partial charge in [0.15, 0.2) is 0 Å². The molecule has 0 aromatic heterocycles. The molecular weight excluding hydrogens is 134 g/mol. The summed E-state index contributed by atoms with van der Waals surface area (Å²) in [6, 6.07) is 0. The second kappa shape index (κ2) is 2.58. The van der Waals surface area contributed by atoms with E-state index in [-0.39, 0.29) is 4.70 Å². The minimum atomic E-state index is -2.54. The molecule has 0 radical (unpaired) electrons. The first-order valence-electron chi connectivity index (χ1n) is 2.07. The summed E-state index contributed by atoms with van der Waals surface area (Å²) in [7, 11) is -2.54. The molecule has 0 saturated carbocycles. The zero-order valence-corrected chi connectivity index (χ0v) is 5.39. The number of hydrogen-bond donors (Lipinski definition) is 0. The van der Waals surface area contributed by atoms with Crippen molar-refractivity contribution in [3.63, 3.8) is 0 Å². The average molecular weight is 142 g/mol. The van der Waals surface area contributed by atoms with E-state index in [4.69, 9.17) is 0 Å². The predicted molar refractivity (Wildman–Crippen MR) is 27.9 cm³/mol. The maximum atomic E-state index is 10.6. The summed E-state index contributed by atoms with van der Waals surface area (Å²) in [6.45, 7) is 2.43. The van der Waals surface area contributed by atoms with E-state index in [1.165, 1.54) is 6.66 Å². The van der Waals surface area contributed by atoms with Crippen LogP contribution in [-0.4, -0.2) is 19.9 Å². The zero-order chi connectivity index (χ0) is 5.33. The molecule has 1 saturated heterocycles. The lowest BCUT2D eigenvalue weighted by Gasteiger charge is -1.96. The van der Waals surface area contributed by atoms with Crippen molar-refractivity contribution in [3.8, 4) is 0 Å². The van der Waals surface area contributed by atoms with Crippen LogP contribution in [-0.2, 0) is 13.6 Å². The largest absolute Gasteiger partial charge is 0.327 e. The molecule has 1 aliphatic rings. The van der Waals surface area contributed by atoms with Gasteiger partial charge in [-0.3, -0.25) is 9.27 Å². The fraction of sp³-hybridized carbons (Fsp3) is 1.00. The van der Waals surface area contributed by atoms with Gasteiger partial charge in [0, 0.05) is 6.66 Å². The molecule has 8 heavy (non-hydrogen) atoms. The SMILES string of the molecule is CP1(=O)OCCO1.F. The van der Waals surface area contributed by atoms with Crippen LogP contribution in [0.1, 0.15) is 0 Å². The first-order chi connectivity index (χ1) is 3.21. The quantitative estimate of drug-likeness (QED) is 0.473. The van der Waals surface area contributed by atoms with Crippen molar-refractivity contribution >= 4 is 7.60 Å². The lowest BCUT2D eigenvalue weighted by molar-refractivity contribution is 0.359. The van der Waals surface area contributed by atoms with Gasteiger partial charge in [-0.05, 0) is 0 Å². The normalized spacial score (nSPS) is 24.6. The van der Waals surface area contributed by atoms with E-state index in [2.05, 4.69) is 9.05 Å². The van der Waals surface area contributed by atoms with Crippen LogP contribution in [0.15, 0.2) is 0 Å².